The van der Waals surface area contributed by atoms with Crippen LogP contribution in [-0.2, 0) is 32.6 Å². The van der Waals surface area contributed by atoms with Crippen molar-refractivity contribution in [1.82, 2.24) is 10.2 Å². The summed E-state index contributed by atoms with van der Waals surface area (Å²) in [5.74, 6) is -0.234. The standard InChI is InChI=1S/C35H37Cl2N3O8S/c1-38-35(42)30(17-23-9-7-6-8-10-23)39(21-24-11-12-25(36)18-28(24)37)34(41)22-40(29-19-26(45-2)13-15-31(29)46-3)49(43,44)27-14-16-32(47-4)33(20-27)48-5/h6-16,18-20,30H,17,21-22H2,1-5H3,(H,38,42)/t30-/m1/s1. The summed E-state index contributed by atoms with van der Waals surface area (Å²) in [6.45, 7) is -0.882. The Balaban J connectivity index is 1.90. The van der Waals surface area contributed by atoms with Crippen molar-refractivity contribution in [2.45, 2.75) is 23.9 Å². The first-order valence-electron chi connectivity index (χ1n) is 14.9. The Hall–Kier alpha value is -4.65. The van der Waals surface area contributed by atoms with Crippen molar-refractivity contribution in [2.75, 3.05) is 46.3 Å². The van der Waals surface area contributed by atoms with Crippen LogP contribution in [-0.4, -0.2) is 73.2 Å². The average Bonchev–Trinajstić information content (AvgIpc) is 3.12. The summed E-state index contributed by atoms with van der Waals surface area (Å²) in [4.78, 5) is 29.3. The third-order valence-electron chi connectivity index (χ3n) is 7.75. The lowest BCUT2D eigenvalue weighted by Crippen LogP contribution is -2.53. The molecule has 0 saturated heterocycles. The van der Waals surface area contributed by atoms with Crippen LogP contribution in [0.5, 0.6) is 23.0 Å². The molecule has 11 nitrogen and oxygen atoms in total. The second-order valence-electron chi connectivity index (χ2n) is 10.6. The molecule has 1 atom stereocenters. The number of benzene rings is 4. The van der Waals surface area contributed by atoms with E-state index in [0.29, 0.717) is 22.1 Å². The van der Waals surface area contributed by atoms with Gasteiger partial charge in [-0.2, -0.15) is 0 Å². The minimum atomic E-state index is -4.52. The quantitative estimate of drug-likeness (QED) is 0.168. The van der Waals surface area contributed by atoms with Gasteiger partial charge in [-0.3, -0.25) is 13.9 Å². The topological polar surface area (TPSA) is 124 Å². The third kappa shape index (κ3) is 8.69. The van der Waals surface area contributed by atoms with Gasteiger partial charge in [0.25, 0.3) is 10.0 Å². The average molecular weight is 731 g/mol. The zero-order valence-corrected chi connectivity index (χ0v) is 29.9. The molecule has 0 fully saturated rings. The van der Waals surface area contributed by atoms with Crippen molar-refractivity contribution in [1.29, 1.82) is 0 Å². The second kappa shape index (κ2) is 16.6. The van der Waals surface area contributed by atoms with Crippen LogP contribution in [0.15, 0.2) is 89.8 Å². The van der Waals surface area contributed by atoms with E-state index in [0.717, 1.165) is 9.87 Å². The number of carbonyl (C=O) groups excluding carboxylic acids is 2. The number of rotatable bonds is 15. The summed E-state index contributed by atoms with van der Waals surface area (Å²) >= 11 is 12.7. The number of likely N-dealkylation sites (N-methyl/N-ethyl adjacent to an activating group) is 1. The van der Waals surface area contributed by atoms with Crippen LogP contribution in [0.1, 0.15) is 11.1 Å². The predicted molar refractivity (Wildman–Crippen MR) is 189 cm³/mol. The molecule has 0 aromatic heterocycles. The molecular weight excluding hydrogens is 693 g/mol. The molecule has 0 spiro atoms. The molecule has 1 N–H and O–H groups in total. The first-order valence-corrected chi connectivity index (χ1v) is 17.1. The Morgan fingerprint density at radius 2 is 1.47 bits per heavy atom. The molecule has 0 unspecified atom stereocenters. The Morgan fingerprint density at radius 1 is 0.796 bits per heavy atom. The smallest absolute Gasteiger partial charge is 0.265 e. The number of nitrogens with zero attached hydrogens (tertiary/aromatic N) is 2. The van der Waals surface area contributed by atoms with E-state index in [2.05, 4.69) is 5.32 Å². The van der Waals surface area contributed by atoms with E-state index < -0.39 is 34.4 Å². The first-order chi connectivity index (χ1) is 23.5. The molecular formula is C35H37Cl2N3O8S. The van der Waals surface area contributed by atoms with Crippen LogP contribution in [0.4, 0.5) is 5.69 Å². The van der Waals surface area contributed by atoms with E-state index in [1.165, 1.54) is 76.8 Å². The van der Waals surface area contributed by atoms with Crippen molar-refractivity contribution in [3.05, 3.63) is 106 Å². The van der Waals surface area contributed by atoms with Crippen LogP contribution in [0.3, 0.4) is 0 Å². The number of anilines is 1. The summed E-state index contributed by atoms with van der Waals surface area (Å²) in [6.07, 6.45) is 0.127. The first kappa shape index (κ1) is 37.2. The highest BCUT2D eigenvalue weighted by molar-refractivity contribution is 7.92. The van der Waals surface area contributed by atoms with E-state index in [-0.39, 0.29) is 40.1 Å². The minimum absolute atomic E-state index is 0.0222. The molecule has 0 radical (unpaired) electrons. The molecule has 0 aliphatic rings. The number of ether oxygens (including phenoxy) is 4. The number of hydrogen-bond acceptors (Lipinski definition) is 8. The van der Waals surface area contributed by atoms with Gasteiger partial charge in [-0.15, -0.1) is 0 Å². The largest absolute Gasteiger partial charge is 0.497 e. The van der Waals surface area contributed by atoms with Crippen molar-refractivity contribution < 1.29 is 37.0 Å². The maximum atomic E-state index is 14.7. The summed E-state index contributed by atoms with van der Waals surface area (Å²) in [6, 6.07) is 21.6. The third-order valence-corrected chi connectivity index (χ3v) is 10.1. The molecule has 0 saturated carbocycles. The molecule has 0 aliphatic carbocycles. The minimum Gasteiger partial charge on any atom is -0.497 e. The lowest BCUT2D eigenvalue weighted by Gasteiger charge is -2.34. The molecule has 260 valence electrons. The molecule has 0 bridgehead atoms. The molecule has 4 aromatic rings. The fourth-order valence-corrected chi connectivity index (χ4v) is 7.06. The molecule has 14 heteroatoms. The number of methoxy groups -OCH3 is 4. The van der Waals surface area contributed by atoms with Crippen LogP contribution >= 0.6 is 23.2 Å². The molecule has 2 amide bonds. The van der Waals surface area contributed by atoms with Gasteiger partial charge in [0, 0.05) is 42.2 Å². The fraction of sp³-hybridized carbons (Fsp3) is 0.257. The van der Waals surface area contributed by atoms with Gasteiger partial charge in [0.1, 0.15) is 24.1 Å². The van der Waals surface area contributed by atoms with E-state index in [4.69, 9.17) is 42.1 Å². The number of amides is 2. The van der Waals surface area contributed by atoms with Gasteiger partial charge in [0.15, 0.2) is 11.5 Å². The van der Waals surface area contributed by atoms with Crippen molar-refractivity contribution in [2.24, 2.45) is 0 Å². The van der Waals surface area contributed by atoms with Gasteiger partial charge < -0.3 is 29.2 Å². The highest BCUT2D eigenvalue weighted by atomic mass is 35.5. The Labute approximate surface area is 296 Å². The van der Waals surface area contributed by atoms with Crippen LogP contribution in [0.2, 0.25) is 10.0 Å². The number of halogens is 2. The van der Waals surface area contributed by atoms with Crippen LogP contribution in [0, 0.1) is 0 Å². The summed E-state index contributed by atoms with van der Waals surface area (Å²) in [5, 5.41) is 3.30. The second-order valence-corrected chi connectivity index (χ2v) is 13.3. The molecule has 4 rings (SSSR count). The highest BCUT2D eigenvalue weighted by Crippen LogP contribution is 2.38. The van der Waals surface area contributed by atoms with Gasteiger partial charge in [0.05, 0.1) is 39.0 Å². The summed E-state index contributed by atoms with van der Waals surface area (Å²) in [7, 11) is 2.56. The zero-order chi connectivity index (χ0) is 35.7. The van der Waals surface area contributed by atoms with Gasteiger partial charge in [0.2, 0.25) is 11.8 Å². The Morgan fingerprint density at radius 3 is 2.08 bits per heavy atom. The zero-order valence-electron chi connectivity index (χ0n) is 27.6. The number of hydrogen-bond donors (Lipinski definition) is 1. The Kier molecular flexibility index (Phi) is 12.6. The summed E-state index contributed by atoms with van der Waals surface area (Å²) < 4.78 is 51.7. The number of sulfonamides is 1. The molecule has 4 aromatic carbocycles. The lowest BCUT2D eigenvalue weighted by molar-refractivity contribution is -0.139. The van der Waals surface area contributed by atoms with Gasteiger partial charge >= 0.3 is 0 Å². The van der Waals surface area contributed by atoms with Crippen molar-refractivity contribution >= 4 is 50.7 Å². The maximum absolute atomic E-state index is 14.7. The predicted octanol–water partition coefficient (Wildman–Crippen LogP) is 5.61. The number of carbonyl (C=O) groups is 2. The SMILES string of the molecule is CNC(=O)[C@@H](Cc1ccccc1)N(Cc1ccc(Cl)cc1Cl)C(=O)CN(c1cc(OC)ccc1OC)S(=O)(=O)c1ccc(OC)c(OC)c1. The van der Waals surface area contributed by atoms with Crippen LogP contribution in [0.25, 0.3) is 0 Å². The summed E-state index contributed by atoms with van der Waals surface area (Å²) in [5.41, 5.74) is 1.30. The van der Waals surface area contributed by atoms with E-state index in [1.807, 2.05) is 30.3 Å². The maximum Gasteiger partial charge on any atom is 0.265 e. The van der Waals surface area contributed by atoms with Crippen molar-refractivity contribution in [3.63, 3.8) is 0 Å². The monoisotopic (exact) mass is 729 g/mol. The van der Waals surface area contributed by atoms with E-state index >= 15 is 0 Å². The van der Waals surface area contributed by atoms with Gasteiger partial charge in [-0.1, -0.05) is 59.6 Å². The van der Waals surface area contributed by atoms with E-state index in [9.17, 15) is 18.0 Å². The van der Waals surface area contributed by atoms with Crippen molar-refractivity contribution in [3.8, 4) is 23.0 Å². The fourth-order valence-electron chi connectivity index (χ4n) is 5.16. The van der Waals surface area contributed by atoms with Gasteiger partial charge in [-0.05, 0) is 47.5 Å². The Bertz CT molecular complexity index is 1890. The highest BCUT2D eigenvalue weighted by Gasteiger charge is 2.36. The van der Waals surface area contributed by atoms with E-state index in [1.54, 1.807) is 18.2 Å². The molecule has 49 heavy (non-hydrogen) atoms. The lowest BCUT2D eigenvalue weighted by atomic mass is 10.0. The van der Waals surface area contributed by atoms with Gasteiger partial charge in [-0.25, -0.2) is 8.42 Å². The molecule has 0 heterocycles. The molecule has 0 aliphatic heterocycles. The number of nitrogens with one attached hydrogen (secondary N) is 1. The normalized spacial score (nSPS) is 11.7. The van der Waals surface area contributed by atoms with Crippen LogP contribution < -0.4 is 28.6 Å².